The first-order valence-electron chi connectivity index (χ1n) is 10.0. The Morgan fingerprint density at radius 2 is 1.89 bits per heavy atom. The lowest BCUT2D eigenvalue weighted by molar-refractivity contribution is 0.0928. The molecular weight excluding hydrogens is 364 g/mol. The van der Waals surface area contributed by atoms with Crippen molar-refractivity contribution < 1.29 is 13.2 Å². The monoisotopic (exact) mass is 394 g/mol. The summed E-state index contributed by atoms with van der Waals surface area (Å²) >= 11 is 0. The Labute approximate surface area is 161 Å². The highest BCUT2D eigenvalue weighted by atomic mass is 32.2. The number of amides is 1. The third-order valence-electron chi connectivity index (χ3n) is 5.51. The van der Waals surface area contributed by atoms with Gasteiger partial charge in [-0.15, -0.1) is 0 Å². The van der Waals surface area contributed by atoms with Gasteiger partial charge in [-0.3, -0.25) is 4.79 Å². The molecule has 1 N–H and O–H groups in total. The highest BCUT2D eigenvalue weighted by molar-refractivity contribution is 7.91. The van der Waals surface area contributed by atoms with Gasteiger partial charge in [0.15, 0.2) is 9.84 Å². The van der Waals surface area contributed by atoms with E-state index in [1.54, 1.807) is 6.07 Å². The van der Waals surface area contributed by atoms with Gasteiger partial charge in [0, 0.05) is 24.3 Å². The van der Waals surface area contributed by atoms with E-state index in [9.17, 15) is 13.2 Å². The molecule has 1 aliphatic heterocycles. The Balaban J connectivity index is 1.77. The molecule has 7 nitrogen and oxygen atoms in total. The molecule has 2 fully saturated rings. The quantitative estimate of drug-likeness (QED) is 0.770. The first-order valence-corrected chi connectivity index (χ1v) is 11.8. The van der Waals surface area contributed by atoms with Crippen molar-refractivity contribution >= 4 is 21.7 Å². The maximum Gasteiger partial charge on any atom is 0.270 e. The van der Waals surface area contributed by atoms with Crippen molar-refractivity contribution in [1.29, 1.82) is 0 Å². The minimum Gasteiger partial charge on any atom is -0.348 e. The lowest BCUT2D eigenvalue weighted by Crippen LogP contribution is -2.39. The third kappa shape index (κ3) is 5.18. The van der Waals surface area contributed by atoms with Crippen molar-refractivity contribution in [1.82, 2.24) is 15.3 Å². The van der Waals surface area contributed by atoms with E-state index in [0.29, 0.717) is 30.3 Å². The second-order valence-electron chi connectivity index (χ2n) is 7.70. The molecule has 3 rings (SSSR count). The smallest absolute Gasteiger partial charge is 0.270 e. The zero-order valence-electron chi connectivity index (χ0n) is 16.3. The van der Waals surface area contributed by atoms with Crippen molar-refractivity contribution in [3.8, 4) is 0 Å². The van der Waals surface area contributed by atoms with Gasteiger partial charge in [-0.05, 0) is 39.2 Å². The molecule has 1 aromatic rings. The molecule has 1 aliphatic carbocycles. The Morgan fingerprint density at radius 3 is 2.48 bits per heavy atom. The molecule has 27 heavy (non-hydrogen) atoms. The summed E-state index contributed by atoms with van der Waals surface area (Å²) in [4.78, 5) is 23.6. The van der Waals surface area contributed by atoms with Crippen LogP contribution in [-0.2, 0) is 9.84 Å². The maximum atomic E-state index is 12.7. The zero-order chi connectivity index (χ0) is 19.4. The normalized spacial score (nSPS) is 23.0. The lowest BCUT2D eigenvalue weighted by Gasteiger charge is -2.27. The lowest BCUT2D eigenvalue weighted by atomic mass is 10.1. The van der Waals surface area contributed by atoms with Crippen molar-refractivity contribution in [3.63, 3.8) is 0 Å². The van der Waals surface area contributed by atoms with Gasteiger partial charge >= 0.3 is 0 Å². The van der Waals surface area contributed by atoms with Gasteiger partial charge in [0.05, 0.1) is 11.5 Å². The summed E-state index contributed by atoms with van der Waals surface area (Å²) in [5, 5.41) is 3.13. The summed E-state index contributed by atoms with van der Waals surface area (Å²) in [5.41, 5.74) is 1.08. The van der Waals surface area contributed by atoms with Crippen LogP contribution >= 0.6 is 0 Å². The summed E-state index contributed by atoms with van der Waals surface area (Å²) in [6, 6.07) is 1.79. The number of carbonyl (C=O) groups excluding carboxylic acids is 1. The average molecular weight is 395 g/mol. The summed E-state index contributed by atoms with van der Waals surface area (Å²) in [6.45, 7) is 4.40. The Kier molecular flexibility index (Phi) is 6.34. The van der Waals surface area contributed by atoms with Crippen LogP contribution < -0.4 is 10.2 Å². The number of aromatic nitrogens is 2. The van der Waals surface area contributed by atoms with Gasteiger partial charge in [0.2, 0.25) is 5.95 Å². The van der Waals surface area contributed by atoms with Gasteiger partial charge in [-0.1, -0.05) is 25.7 Å². The van der Waals surface area contributed by atoms with Gasteiger partial charge in [0.1, 0.15) is 5.69 Å². The fourth-order valence-corrected chi connectivity index (χ4v) is 5.80. The number of anilines is 1. The SMILES string of the molecule is CCN(c1nc(C)cc(C(=O)NC2CCCCCC2)n1)C1CCS(=O)(=O)C1. The van der Waals surface area contributed by atoms with Crippen LogP contribution in [0.4, 0.5) is 5.95 Å². The van der Waals surface area contributed by atoms with E-state index >= 15 is 0 Å². The van der Waals surface area contributed by atoms with Crippen LogP contribution in [0.1, 0.15) is 68.1 Å². The molecule has 150 valence electrons. The molecule has 1 atom stereocenters. The minimum atomic E-state index is -2.99. The van der Waals surface area contributed by atoms with Crippen molar-refractivity contribution in [3.05, 3.63) is 17.5 Å². The molecule has 0 spiro atoms. The number of aryl methyl sites for hydroxylation is 1. The summed E-state index contributed by atoms with van der Waals surface area (Å²) in [5.74, 6) is 0.617. The van der Waals surface area contributed by atoms with Crippen LogP contribution in [0.2, 0.25) is 0 Å². The Hall–Kier alpha value is -1.70. The van der Waals surface area contributed by atoms with E-state index in [-0.39, 0.29) is 29.5 Å². The third-order valence-corrected chi connectivity index (χ3v) is 7.26. The maximum absolute atomic E-state index is 12.7. The van der Waals surface area contributed by atoms with E-state index in [2.05, 4.69) is 15.3 Å². The molecule has 2 aliphatic rings. The van der Waals surface area contributed by atoms with Crippen LogP contribution in [0, 0.1) is 6.92 Å². The topological polar surface area (TPSA) is 92.3 Å². The average Bonchev–Trinajstić information content (AvgIpc) is 2.81. The number of sulfone groups is 1. The molecule has 1 amide bonds. The zero-order valence-corrected chi connectivity index (χ0v) is 17.1. The van der Waals surface area contributed by atoms with Gasteiger partial charge in [-0.25, -0.2) is 18.4 Å². The Bertz CT molecular complexity index is 773. The number of nitrogens with zero attached hydrogens (tertiary/aromatic N) is 3. The summed E-state index contributed by atoms with van der Waals surface area (Å²) < 4.78 is 23.7. The number of nitrogens with one attached hydrogen (secondary N) is 1. The van der Waals surface area contributed by atoms with E-state index in [4.69, 9.17) is 0 Å². The van der Waals surface area contributed by atoms with E-state index in [0.717, 1.165) is 25.7 Å². The van der Waals surface area contributed by atoms with E-state index < -0.39 is 9.84 Å². The number of hydrogen-bond donors (Lipinski definition) is 1. The second-order valence-corrected chi connectivity index (χ2v) is 9.93. The van der Waals surface area contributed by atoms with Crippen molar-refractivity contribution in [2.45, 2.75) is 70.9 Å². The number of hydrogen-bond acceptors (Lipinski definition) is 6. The summed E-state index contributed by atoms with van der Waals surface area (Å²) in [6.07, 6.45) is 7.39. The highest BCUT2D eigenvalue weighted by Gasteiger charge is 2.33. The fourth-order valence-electron chi connectivity index (χ4n) is 4.06. The molecule has 8 heteroatoms. The van der Waals surface area contributed by atoms with Crippen molar-refractivity contribution in [2.24, 2.45) is 0 Å². The predicted octanol–water partition coefficient (Wildman–Crippen LogP) is 2.25. The molecule has 0 radical (unpaired) electrons. The molecular formula is C19H30N4O3S. The minimum absolute atomic E-state index is 0.125. The van der Waals surface area contributed by atoms with Crippen LogP contribution in [-0.4, -0.2) is 54.4 Å². The van der Waals surface area contributed by atoms with E-state index in [1.165, 1.54) is 12.8 Å². The summed E-state index contributed by atoms with van der Waals surface area (Å²) in [7, 11) is -2.99. The molecule has 1 saturated carbocycles. The highest BCUT2D eigenvalue weighted by Crippen LogP contribution is 2.22. The first-order chi connectivity index (χ1) is 12.9. The first kappa shape index (κ1) is 20.0. The largest absolute Gasteiger partial charge is 0.348 e. The molecule has 0 bridgehead atoms. The van der Waals surface area contributed by atoms with Crippen LogP contribution in [0.15, 0.2) is 6.07 Å². The number of carbonyl (C=O) groups is 1. The van der Waals surface area contributed by atoms with E-state index in [1.807, 2.05) is 18.7 Å². The standard InChI is InChI=1S/C19H30N4O3S/c1-3-23(16-10-11-27(25,26)13-16)19-20-14(2)12-17(22-19)18(24)21-15-8-6-4-5-7-9-15/h12,15-16H,3-11,13H2,1-2H3,(H,21,24). The van der Waals surface area contributed by atoms with Gasteiger partial charge in [0.25, 0.3) is 5.91 Å². The van der Waals surface area contributed by atoms with Crippen LogP contribution in [0.3, 0.4) is 0 Å². The van der Waals surface area contributed by atoms with Crippen LogP contribution in [0.5, 0.6) is 0 Å². The molecule has 2 heterocycles. The second kappa shape index (κ2) is 8.54. The number of rotatable bonds is 5. The predicted molar refractivity (Wildman–Crippen MR) is 106 cm³/mol. The molecule has 1 unspecified atom stereocenters. The van der Waals surface area contributed by atoms with Crippen molar-refractivity contribution in [2.75, 3.05) is 23.0 Å². The van der Waals surface area contributed by atoms with Gasteiger partial charge in [-0.2, -0.15) is 0 Å². The fraction of sp³-hybridized carbons (Fsp3) is 0.737. The van der Waals surface area contributed by atoms with Crippen LogP contribution in [0.25, 0.3) is 0 Å². The van der Waals surface area contributed by atoms with Gasteiger partial charge < -0.3 is 10.2 Å². The molecule has 1 saturated heterocycles. The Morgan fingerprint density at radius 1 is 1.19 bits per heavy atom. The molecule has 0 aromatic carbocycles. The molecule has 1 aromatic heterocycles.